The largest absolute Gasteiger partial charge is 0.0622 e. The van der Waals surface area contributed by atoms with Crippen LogP contribution in [0.1, 0.15) is 5.56 Å². The lowest BCUT2D eigenvalue weighted by Gasteiger charge is -2.20. The standard InChI is InChI=1S/C43H30/c1-29-20-23-40-41(24-29)43(37-27-35(30-12-4-2-5-13-30)26-36(28-37)31-14-6-3-7-15-31)39-19-11-10-18-38(39)42(40)34-22-21-32-16-8-9-17-33(32)25-34/h2-28H,1H3. The lowest BCUT2D eigenvalue weighted by Crippen LogP contribution is -1.93. The van der Waals surface area contributed by atoms with Crippen molar-refractivity contribution in [1.29, 1.82) is 0 Å². The first-order valence-corrected chi connectivity index (χ1v) is 14.9. The number of hydrogen-bond acceptors (Lipinski definition) is 0. The highest BCUT2D eigenvalue weighted by molar-refractivity contribution is 6.22. The minimum absolute atomic E-state index is 1.22. The molecule has 0 aliphatic rings. The van der Waals surface area contributed by atoms with Crippen LogP contribution in [0.4, 0.5) is 0 Å². The average molecular weight is 547 g/mol. The highest BCUT2D eigenvalue weighted by Gasteiger charge is 2.18. The van der Waals surface area contributed by atoms with Crippen molar-refractivity contribution in [3.63, 3.8) is 0 Å². The summed E-state index contributed by atoms with van der Waals surface area (Å²) in [4.78, 5) is 0. The Bertz CT molecular complexity index is 2220. The molecule has 43 heavy (non-hydrogen) atoms. The molecule has 0 aliphatic carbocycles. The number of hydrogen-bond donors (Lipinski definition) is 0. The molecule has 0 fully saturated rings. The Morgan fingerprint density at radius 1 is 0.279 bits per heavy atom. The van der Waals surface area contributed by atoms with Gasteiger partial charge in [-0.3, -0.25) is 0 Å². The fourth-order valence-electron chi connectivity index (χ4n) is 6.63. The highest BCUT2D eigenvalue weighted by Crippen LogP contribution is 2.45. The van der Waals surface area contributed by atoms with Crippen molar-refractivity contribution in [2.24, 2.45) is 0 Å². The maximum absolute atomic E-state index is 2.38. The highest BCUT2D eigenvalue weighted by atomic mass is 14.2. The molecule has 8 aromatic rings. The van der Waals surface area contributed by atoms with Crippen LogP contribution in [-0.2, 0) is 0 Å². The third-order valence-corrected chi connectivity index (χ3v) is 8.65. The Balaban J connectivity index is 1.48. The predicted molar refractivity (Wildman–Crippen MR) is 185 cm³/mol. The Morgan fingerprint density at radius 2 is 0.791 bits per heavy atom. The van der Waals surface area contributed by atoms with E-state index in [4.69, 9.17) is 0 Å². The van der Waals surface area contributed by atoms with Crippen molar-refractivity contribution in [2.45, 2.75) is 6.92 Å². The molecule has 0 N–H and O–H groups in total. The molecule has 0 heterocycles. The van der Waals surface area contributed by atoms with E-state index in [1.165, 1.54) is 82.4 Å². The fraction of sp³-hybridized carbons (Fsp3) is 0.0233. The minimum atomic E-state index is 1.22. The zero-order valence-electron chi connectivity index (χ0n) is 24.1. The molecule has 0 saturated heterocycles. The summed E-state index contributed by atoms with van der Waals surface area (Å²) in [5.41, 5.74) is 11.2. The zero-order chi connectivity index (χ0) is 28.8. The molecule has 8 rings (SSSR count). The van der Waals surface area contributed by atoms with Crippen LogP contribution in [0.2, 0.25) is 0 Å². The number of fused-ring (bicyclic) bond motifs is 3. The molecule has 0 bridgehead atoms. The van der Waals surface area contributed by atoms with Crippen molar-refractivity contribution < 1.29 is 0 Å². The molecule has 202 valence electrons. The first-order valence-electron chi connectivity index (χ1n) is 14.9. The molecule has 0 amide bonds. The van der Waals surface area contributed by atoms with E-state index in [0.29, 0.717) is 0 Å². The van der Waals surface area contributed by atoms with E-state index in [2.05, 4.69) is 171 Å². The van der Waals surface area contributed by atoms with E-state index in [1.54, 1.807) is 0 Å². The van der Waals surface area contributed by atoms with Gasteiger partial charge in [0.15, 0.2) is 0 Å². The van der Waals surface area contributed by atoms with Gasteiger partial charge in [0, 0.05) is 0 Å². The summed E-state index contributed by atoms with van der Waals surface area (Å²) in [6.07, 6.45) is 0. The maximum Gasteiger partial charge on any atom is -0.00258 e. The van der Waals surface area contributed by atoms with Gasteiger partial charge in [-0.1, -0.05) is 145 Å². The van der Waals surface area contributed by atoms with Crippen LogP contribution in [0.15, 0.2) is 164 Å². The molecule has 0 unspecified atom stereocenters. The predicted octanol–water partition coefficient (Wildman–Crippen LogP) is 12.1. The molecule has 8 aromatic carbocycles. The fourth-order valence-corrected chi connectivity index (χ4v) is 6.63. The van der Waals surface area contributed by atoms with Crippen LogP contribution in [0, 0.1) is 6.92 Å². The summed E-state index contributed by atoms with van der Waals surface area (Å²) in [5.74, 6) is 0. The van der Waals surface area contributed by atoms with E-state index in [9.17, 15) is 0 Å². The smallest absolute Gasteiger partial charge is 0.00258 e. The van der Waals surface area contributed by atoms with E-state index in [-0.39, 0.29) is 0 Å². The molecular weight excluding hydrogens is 516 g/mol. The van der Waals surface area contributed by atoms with Gasteiger partial charge in [-0.05, 0) is 108 Å². The van der Waals surface area contributed by atoms with Gasteiger partial charge in [-0.15, -0.1) is 0 Å². The van der Waals surface area contributed by atoms with E-state index < -0.39 is 0 Å². The minimum Gasteiger partial charge on any atom is -0.0622 e. The van der Waals surface area contributed by atoms with E-state index in [1.807, 2.05) is 0 Å². The van der Waals surface area contributed by atoms with Crippen LogP contribution >= 0.6 is 0 Å². The molecule has 0 saturated carbocycles. The van der Waals surface area contributed by atoms with Crippen LogP contribution < -0.4 is 0 Å². The third-order valence-electron chi connectivity index (χ3n) is 8.65. The Labute approximate surface area is 252 Å². The van der Waals surface area contributed by atoms with Gasteiger partial charge < -0.3 is 0 Å². The average Bonchev–Trinajstić information content (AvgIpc) is 3.07. The molecule has 0 spiro atoms. The van der Waals surface area contributed by atoms with E-state index >= 15 is 0 Å². The van der Waals surface area contributed by atoms with Crippen LogP contribution in [0.25, 0.3) is 76.8 Å². The summed E-state index contributed by atoms with van der Waals surface area (Å²) >= 11 is 0. The van der Waals surface area contributed by atoms with Gasteiger partial charge in [0.2, 0.25) is 0 Å². The van der Waals surface area contributed by atoms with Crippen molar-refractivity contribution in [2.75, 3.05) is 0 Å². The summed E-state index contributed by atoms with van der Waals surface area (Å²) in [7, 11) is 0. The number of aryl methyl sites for hydroxylation is 1. The van der Waals surface area contributed by atoms with E-state index in [0.717, 1.165) is 0 Å². The molecule has 0 aromatic heterocycles. The Morgan fingerprint density at radius 3 is 1.44 bits per heavy atom. The summed E-state index contributed by atoms with van der Waals surface area (Å²) < 4.78 is 0. The van der Waals surface area contributed by atoms with Crippen LogP contribution in [0.3, 0.4) is 0 Å². The SMILES string of the molecule is Cc1ccc2c(-c3ccc4ccccc4c3)c3ccccc3c(-c3cc(-c4ccccc4)cc(-c4ccccc4)c3)c2c1. The quantitative estimate of drug-likeness (QED) is 0.193. The van der Waals surface area contributed by atoms with Gasteiger partial charge in [-0.2, -0.15) is 0 Å². The monoisotopic (exact) mass is 546 g/mol. The second kappa shape index (κ2) is 10.4. The zero-order valence-corrected chi connectivity index (χ0v) is 24.1. The number of rotatable bonds is 4. The Kier molecular flexibility index (Phi) is 6.12. The molecular formula is C43H30. The molecule has 0 atom stereocenters. The van der Waals surface area contributed by atoms with Crippen molar-refractivity contribution in [3.05, 3.63) is 169 Å². The van der Waals surface area contributed by atoms with Gasteiger partial charge in [0.25, 0.3) is 0 Å². The van der Waals surface area contributed by atoms with Gasteiger partial charge in [0.1, 0.15) is 0 Å². The lowest BCUT2D eigenvalue weighted by atomic mass is 9.83. The number of benzene rings is 8. The second-order valence-electron chi connectivity index (χ2n) is 11.4. The normalized spacial score (nSPS) is 11.4. The first-order chi connectivity index (χ1) is 21.2. The summed E-state index contributed by atoms with van der Waals surface area (Å²) in [6.45, 7) is 2.20. The lowest BCUT2D eigenvalue weighted by molar-refractivity contribution is 1.51. The maximum atomic E-state index is 2.38. The molecule has 0 nitrogen and oxygen atoms in total. The molecule has 0 aliphatic heterocycles. The van der Waals surface area contributed by atoms with Gasteiger partial charge >= 0.3 is 0 Å². The molecule has 0 heteroatoms. The summed E-state index contributed by atoms with van der Waals surface area (Å²) in [5, 5.41) is 7.63. The van der Waals surface area contributed by atoms with Crippen molar-refractivity contribution in [1.82, 2.24) is 0 Å². The van der Waals surface area contributed by atoms with Gasteiger partial charge in [-0.25, -0.2) is 0 Å². The molecule has 0 radical (unpaired) electrons. The third kappa shape index (κ3) is 4.49. The Hall–Kier alpha value is -5.46. The van der Waals surface area contributed by atoms with Crippen molar-refractivity contribution >= 4 is 32.3 Å². The second-order valence-corrected chi connectivity index (χ2v) is 11.4. The van der Waals surface area contributed by atoms with Crippen LogP contribution in [0.5, 0.6) is 0 Å². The first kappa shape index (κ1) is 25.3. The van der Waals surface area contributed by atoms with Crippen molar-refractivity contribution in [3.8, 4) is 44.5 Å². The van der Waals surface area contributed by atoms with Gasteiger partial charge in [0.05, 0.1) is 0 Å². The summed E-state index contributed by atoms with van der Waals surface area (Å²) in [6, 6.07) is 60.0. The van der Waals surface area contributed by atoms with Crippen LogP contribution in [-0.4, -0.2) is 0 Å². The topological polar surface area (TPSA) is 0 Å².